The van der Waals surface area contributed by atoms with E-state index in [9.17, 15) is 21.6 Å². The fraction of sp³-hybridized carbons (Fsp3) is 1.00. The first-order chi connectivity index (χ1) is 7.08. The maximum atomic E-state index is 12.2. The molecular weight excluding hydrogens is 243 g/mol. The first-order valence-electron chi connectivity index (χ1n) is 5.13. The highest BCUT2D eigenvalue weighted by Gasteiger charge is 2.35. The molecule has 0 amide bonds. The van der Waals surface area contributed by atoms with Crippen molar-refractivity contribution in [1.82, 2.24) is 4.31 Å². The molecule has 0 spiro atoms. The Balaban J connectivity index is 4.80. The monoisotopic (exact) mass is 261 g/mol. The minimum atomic E-state index is -4.49. The Hall–Kier alpha value is -0.300. The van der Waals surface area contributed by atoms with Crippen molar-refractivity contribution in [3.8, 4) is 0 Å². The molecule has 0 aromatic rings. The normalized spacial score (nSPS) is 13.8. The van der Waals surface area contributed by atoms with Crippen LogP contribution in [0.3, 0.4) is 0 Å². The average molecular weight is 261 g/mol. The number of alkyl halides is 3. The van der Waals surface area contributed by atoms with E-state index in [-0.39, 0.29) is 18.2 Å². The summed E-state index contributed by atoms with van der Waals surface area (Å²) in [6, 6.07) is 0. The van der Waals surface area contributed by atoms with Gasteiger partial charge < -0.3 is 0 Å². The second-order valence-corrected chi connectivity index (χ2v) is 6.21. The summed E-state index contributed by atoms with van der Waals surface area (Å²) < 4.78 is 60.3. The van der Waals surface area contributed by atoms with Crippen molar-refractivity contribution in [2.75, 3.05) is 18.8 Å². The Morgan fingerprint density at radius 3 is 2.06 bits per heavy atom. The van der Waals surface area contributed by atoms with Gasteiger partial charge in [0.25, 0.3) is 0 Å². The lowest BCUT2D eigenvalue weighted by atomic mass is 10.2. The molecule has 0 N–H and O–H groups in total. The standard InChI is InChI=1S/C9H18F3NO2S/c1-4-5-16(14,15)13(6-8(2)3)7-9(10,11)12/h8H,4-7H2,1-3H3. The molecule has 16 heavy (non-hydrogen) atoms. The molecule has 0 rings (SSSR count). The Bertz CT molecular complexity index is 298. The minimum Gasteiger partial charge on any atom is -0.212 e. The summed E-state index contributed by atoms with van der Waals surface area (Å²) in [6.45, 7) is 3.50. The number of hydrogen-bond acceptors (Lipinski definition) is 2. The molecule has 0 heterocycles. The molecule has 0 bridgehead atoms. The third-order valence-electron chi connectivity index (χ3n) is 1.78. The molecule has 7 heteroatoms. The van der Waals surface area contributed by atoms with Crippen LogP contribution in [-0.2, 0) is 10.0 Å². The van der Waals surface area contributed by atoms with Gasteiger partial charge in [0, 0.05) is 6.54 Å². The summed E-state index contributed by atoms with van der Waals surface area (Å²) in [4.78, 5) is 0. The maximum Gasteiger partial charge on any atom is 0.402 e. The number of hydrogen-bond donors (Lipinski definition) is 0. The predicted octanol–water partition coefficient (Wildman–Crippen LogP) is 2.25. The number of nitrogens with zero attached hydrogens (tertiary/aromatic N) is 1. The van der Waals surface area contributed by atoms with Gasteiger partial charge in [-0.2, -0.15) is 17.5 Å². The second kappa shape index (κ2) is 5.86. The maximum absolute atomic E-state index is 12.2. The molecule has 0 aliphatic carbocycles. The van der Waals surface area contributed by atoms with Crippen molar-refractivity contribution in [1.29, 1.82) is 0 Å². The molecule has 98 valence electrons. The summed E-state index contributed by atoms with van der Waals surface area (Å²) in [5.74, 6) is -0.371. The third-order valence-corrected chi connectivity index (χ3v) is 3.77. The van der Waals surface area contributed by atoms with Crippen LogP contribution in [0.25, 0.3) is 0 Å². The topological polar surface area (TPSA) is 37.4 Å². The molecule has 0 aliphatic heterocycles. The first-order valence-corrected chi connectivity index (χ1v) is 6.74. The molecule has 0 saturated heterocycles. The van der Waals surface area contributed by atoms with Crippen molar-refractivity contribution in [3.63, 3.8) is 0 Å². The Morgan fingerprint density at radius 1 is 1.25 bits per heavy atom. The van der Waals surface area contributed by atoms with Gasteiger partial charge in [-0.15, -0.1) is 0 Å². The number of halogens is 3. The van der Waals surface area contributed by atoms with Crippen molar-refractivity contribution in [2.24, 2.45) is 5.92 Å². The molecule has 0 aromatic heterocycles. The predicted molar refractivity (Wildman–Crippen MR) is 56.5 cm³/mol. The van der Waals surface area contributed by atoms with E-state index in [0.29, 0.717) is 10.7 Å². The zero-order chi connectivity index (χ0) is 13.0. The van der Waals surface area contributed by atoms with E-state index in [1.807, 2.05) is 0 Å². The smallest absolute Gasteiger partial charge is 0.212 e. The van der Waals surface area contributed by atoms with E-state index < -0.39 is 22.7 Å². The van der Waals surface area contributed by atoms with E-state index in [0.717, 1.165) is 0 Å². The molecule has 3 nitrogen and oxygen atoms in total. The van der Waals surface area contributed by atoms with Crippen LogP contribution in [0.4, 0.5) is 13.2 Å². The van der Waals surface area contributed by atoms with Gasteiger partial charge in [0.1, 0.15) is 6.54 Å². The van der Waals surface area contributed by atoms with E-state index in [4.69, 9.17) is 0 Å². The lowest BCUT2D eigenvalue weighted by molar-refractivity contribution is -0.136. The lowest BCUT2D eigenvalue weighted by Crippen LogP contribution is -2.42. The van der Waals surface area contributed by atoms with Gasteiger partial charge in [-0.05, 0) is 12.3 Å². The Labute approximate surface area is 94.7 Å². The highest BCUT2D eigenvalue weighted by molar-refractivity contribution is 7.89. The van der Waals surface area contributed by atoms with Gasteiger partial charge in [0.2, 0.25) is 10.0 Å². The largest absolute Gasteiger partial charge is 0.402 e. The highest BCUT2D eigenvalue weighted by Crippen LogP contribution is 2.20. The number of rotatable bonds is 6. The Morgan fingerprint density at radius 2 is 1.75 bits per heavy atom. The van der Waals surface area contributed by atoms with Crippen LogP contribution < -0.4 is 0 Å². The molecule has 0 saturated carbocycles. The zero-order valence-electron chi connectivity index (χ0n) is 9.71. The van der Waals surface area contributed by atoms with Crippen LogP contribution in [0.15, 0.2) is 0 Å². The molecule has 0 aromatic carbocycles. The zero-order valence-corrected chi connectivity index (χ0v) is 10.5. The van der Waals surface area contributed by atoms with Crippen LogP contribution in [0.5, 0.6) is 0 Å². The van der Waals surface area contributed by atoms with Gasteiger partial charge in [-0.25, -0.2) is 8.42 Å². The van der Waals surface area contributed by atoms with E-state index in [1.54, 1.807) is 20.8 Å². The molecule has 0 radical (unpaired) electrons. The SMILES string of the molecule is CCCS(=O)(=O)N(CC(C)C)CC(F)(F)F. The molecule has 0 atom stereocenters. The first kappa shape index (κ1) is 15.7. The average Bonchev–Trinajstić information content (AvgIpc) is 1.98. The second-order valence-electron chi connectivity index (χ2n) is 4.12. The number of sulfonamides is 1. The highest BCUT2D eigenvalue weighted by atomic mass is 32.2. The van der Waals surface area contributed by atoms with Crippen LogP contribution in [0.2, 0.25) is 0 Å². The van der Waals surface area contributed by atoms with Crippen molar-refractivity contribution in [2.45, 2.75) is 33.4 Å². The fourth-order valence-electron chi connectivity index (χ4n) is 1.27. The summed E-state index contributed by atoms with van der Waals surface area (Å²) in [7, 11) is -3.79. The van der Waals surface area contributed by atoms with Gasteiger partial charge in [-0.3, -0.25) is 0 Å². The van der Waals surface area contributed by atoms with E-state index in [2.05, 4.69) is 0 Å². The minimum absolute atomic E-state index is 0.0954. The van der Waals surface area contributed by atoms with Crippen molar-refractivity contribution in [3.05, 3.63) is 0 Å². The van der Waals surface area contributed by atoms with Crippen molar-refractivity contribution >= 4 is 10.0 Å². The van der Waals surface area contributed by atoms with Crippen LogP contribution in [-0.4, -0.2) is 37.7 Å². The van der Waals surface area contributed by atoms with Gasteiger partial charge >= 0.3 is 6.18 Å². The fourth-order valence-corrected chi connectivity index (χ4v) is 2.91. The summed E-state index contributed by atoms with van der Waals surface area (Å²) >= 11 is 0. The molecule has 0 unspecified atom stereocenters. The van der Waals surface area contributed by atoms with Gasteiger partial charge in [0.15, 0.2) is 0 Å². The van der Waals surface area contributed by atoms with E-state index >= 15 is 0 Å². The molecular formula is C9H18F3NO2S. The quantitative estimate of drug-likeness (QED) is 0.735. The van der Waals surface area contributed by atoms with Crippen molar-refractivity contribution < 1.29 is 21.6 Å². The summed E-state index contributed by atoms with van der Waals surface area (Å²) in [5.41, 5.74) is 0. The molecule has 0 aliphatic rings. The van der Waals surface area contributed by atoms with Crippen LogP contribution in [0, 0.1) is 5.92 Å². The third kappa shape index (κ3) is 6.32. The Kier molecular flexibility index (Phi) is 5.75. The summed E-state index contributed by atoms with van der Waals surface area (Å²) in [6.07, 6.45) is -4.18. The lowest BCUT2D eigenvalue weighted by Gasteiger charge is -2.24. The van der Waals surface area contributed by atoms with Gasteiger partial charge in [0.05, 0.1) is 5.75 Å². The molecule has 0 fully saturated rings. The summed E-state index contributed by atoms with van der Waals surface area (Å²) in [5, 5.41) is 0. The van der Waals surface area contributed by atoms with Crippen LogP contribution in [0.1, 0.15) is 27.2 Å². The van der Waals surface area contributed by atoms with Gasteiger partial charge in [-0.1, -0.05) is 20.8 Å². The van der Waals surface area contributed by atoms with Crippen LogP contribution >= 0.6 is 0 Å². The van der Waals surface area contributed by atoms with E-state index in [1.165, 1.54) is 0 Å².